The van der Waals surface area contributed by atoms with Crippen molar-refractivity contribution in [3.05, 3.63) is 82.9 Å². The van der Waals surface area contributed by atoms with Gasteiger partial charge in [0.25, 0.3) is 0 Å². The Balaban J connectivity index is 1.47. The number of rotatable bonds is 6. The van der Waals surface area contributed by atoms with Crippen LogP contribution in [0.5, 0.6) is 5.75 Å². The molecule has 4 aromatic rings. The van der Waals surface area contributed by atoms with E-state index in [2.05, 4.69) is 4.57 Å². The molecule has 0 atom stereocenters. The highest BCUT2D eigenvalue weighted by molar-refractivity contribution is 6.31. The summed E-state index contributed by atoms with van der Waals surface area (Å²) in [5.41, 5.74) is 3.87. The van der Waals surface area contributed by atoms with Gasteiger partial charge in [-0.3, -0.25) is 0 Å². The topological polar surface area (TPSA) is 64.3 Å². The lowest BCUT2D eigenvalue weighted by Gasteiger charge is -2.17. The molecule has 5 nitrogen and oxygen atoms in total. The molecule has 3 aromatic carbocycles. The van der Waals surface area contributed by atoms with Crippen LogP contribution < -0.4 is 4.74 Å². The fraction of sp³-hybridized carbons (Fsp3) is 0.231. The Morgan fingerprint density at radius 2 is 1.81 bits per heavy atom. The van der Waals surface area contributed by atoms with Crippen molar-refractivity contribution in [2.24, 2.45) is 0 Å². The lowest BCUT2D eigenvalue weighted by molar-refractivity contribution is 0.0697. The van der Waals surface area contributed by atoms with Crippen LogP contribution in [0, 0.1) is 0 Å². The first-order valence-corrected chi connectivity index (χ1v) is 11.2. The zero-order valence-electron chi connectivity index (χ0n) is 17.5. The van der Waals surface area contributed by atoms with Crippen LogP contribution in [-0.2, 0) is 6.61 Å². The minimum atomic E-state index is -0.941. The van der Waals surface area contributed by atoms with E-state index in [1.165, 1.54) is 12.8 Å². The summed E-state index contributed by atoms with van der Waals surface area (Å²) in [7, 11) is 0. The van der Waals surface area contributed by atoms with Crippen molar-refractivity contribution in [3.8, 4) is 17.1 Å². The van der Waals surface area contributed by atoms with Crippen molar-refractivity contribution in [2.75, 3.05) is 0 Å². The van der Waals surface area contributed by atoms with Gasteiger partial charge >= 0.3 is 5.97 Å². The van der Waals surface area contributed by atoms with Gasteiger partial charge in [-0.2, -0.15) is 0 Å². The normalized spacial score (nSPS) is 14.2. The highest BCUT2D eigenvalue weighted by Gasteiger charge is 2.24. The van der Waals surface area contributed by atoms with Crippen LogP contribution in [0.4, 0.5) is 0 Å². The van der Waals surface area contributed by atoms with Crippen LogP contribution in [0.2, 0.25) is 5.02 Å². The summed E-state index contributed by atoms with van der Waals surface area (Å²) < 4.78 is 8.20. The maximum Gasteiger partial charge on any atom is 0.335 e. The van der Waals surface area contributed by atoms with Crippen LogP contribution in [0.15, 0.2) is 66.7 Å². The molecule has 0 unspecified atom stereocenters. The summed E-state index contributed by atoms with van der Waals surface area (Å²) in [5, 5.41) is 10.1. The molecule has 1 N–H and O–H groups in total. The van der Waals surface area contributed by atoms with Gasteiger partial charge in [-0.1, -0.05) is 42.6 Å². The molecular weight excluding hydrogens is 424 g/mol. The van der Waals surface area contributed by atoms with Gasteiger partial charge in [-0.15, -0.1) is 0 Å². The second-order valence-corrected chi connectivity index (χ2v) is 8.56. The van der Waals surface area contributed by atoms with E-state index in [4.69, 9.17) is 21.3 Å². The SMILES string of the molecule is O=C(O)c1ccc2c(c1)nc(-c1ccc(OCc3ccccc3Cl)cc1)n2C1CCCC1. The molecule has 0 radical (unpaired) electrons. The Kier molecular flexibility index (Phi) is 5.58. The minimum Gasteiger partial charge on any atom is -0.489 e. The molecule has 0 saturated heterocycles. The smallest absolute Gasteiger partial charge is 0.335 e. The van der Waals surface area contributed by atoms with Crippen molar-refractivity contribution < 1.29 is 14.6 Å². The fourth-order valence-electron chi connectivity index (χ4n) is 4.44. The Hall–Kier alpha value is -3.31. The van der Waals surface area contributed by atoms with Crippen molar-refractivity contribution in [2.45, 2.75) is 38.3 Å². The molecule has 0 bridgehead atoms. The molecule has 1 fully saturated rings. The highest BCUT2D eigenvalue weighted by atomic mass is 35.5. The fourth-order valence-corrected chi connectivity index (χ4v) is 4.63. The first-order valence-electron chi connectivity index (χ1n) is 10.8. The Morgan fingerprint density at radius 1 is 1.06 bits per heavy atom. The van der Waals surface area contributed by atoms with Crippen LogP contribution >= 0.6 is 11.6 Å². The zero-order chi connectivity index (χ0) is 22.1. The molecule has 0 aliphatic heterocycles. The maximum absolute atomic E-state index is 11.4. The van der Waals surface area contributed by atoms with Gasteiger partial charge in [0, 0.05) is 22.2 Å². The number of carboxylic acids is 1. The Labute approximate surface area is 191 Å². The van der Waals surface area contributed by atoms with Crippen LogP contribution in [0.25, 0.3) is 22.4 Å². The van der Waals surface area contributed by atoms with E-state index in [-0.39, 0.29) is 5.56 Å². The van der Waals surface area contributed by atoms with E-state index in [9.17, 15) is 9.90 Å². The van der Waals surface area contributed by atoms with Gasteiger partial charge < -0.3 is 14.4 Å². The molecule has 0 amide bonds. The molecule has 1 aromatic heterocycles. The van der Waals surface area contributed by atoms with Gasteiger partial charge in [-0.25, -0.2) is 9.78 Å². The van der Waals surface area contributed by atoms with Gasteiger partial charge in [0.2, 0.25) is 0 Å². The number of benzene rings is 3. The number of aromatic nitrogens is 2. The number of carbonyl (C=O) groups is 1. The summed E-state index contributed by atoms with van der Waals surface area (Å²) in [5.74, 6) is 0.682. The number of nitrogens with zero attached hydrogens (tertiary/aromatic N) is 2. The molecule has 32 heavy (non-hydrogen) atoms. The molecule has 1 saturated carbocycles. The van der Waals surface area contributed by atoms with E-state index in [1.54, 1.807) is 12.1 Å². The van der Waals surface area contributed by atoms with E-state index >= 15 is 0 Å². The molecule has 5 rings (SSSR count). The molecule has 6 heteroatoms. The van der Waals surface area contributed by atoms with Crippen LogP contribution in [-0.4, -0.2) is 20.6 Å². The third-order valence-corrected chi connectivity index (χ3v) is 6.46. The van der Waals surface area contributed by atoms with Gasteiger partial charge in [0.15, 0.2) is 0 Å². The van der Waals surface area contributed by atoms with Crippen LogP contribution in [0.3, 0.4) is 0 Å². The van der Waals surface area contributed by atoms with Crippen molar-refractivity contribution in [1.82, 2.24) is 9.55 Å². The standard InChI is InChI=1S/C26H23ClN2O3/c27-22-8-4-1-5-19(22)16-32-21-12-9-17(10-13-21)25-28-23-15-18(26(30)31)11-14-24(23)29(25)20-6-2-3-7-20/h1,4-5,8-15,20H,2-3,6-7,16H2,(H,30,31). The molecular formula is C26H23ClN2O3. The van der Waals surface area contributed by atoms with E-state index < -0.39 is 5.97 Å². The van der Waals surface area contributed by atoms with Gasteiger partial charge in [-0.05, 0) is 61.4 Å². The van der Waals surface area contributed by atoms with Gasteiger partial charge in [0.1, 0.15) is 18.2 Å². The number of halogens is 1. The number of imidazole rings is 1. The third kappa shape index (κ3) is 3.96. The Bertz CT molecular complexity index is 1270. The molecule has 1 heterocycles. The first kappa shape index (κ1) is 20.6. The first-order chi connectivity index (χ1) is 15.6. The quantitative estimate of drug-likeness (QED) is 0.356. The lowest BCUT2D eigenvalue weighted by Crippen LogP contribution is -2.06. The van der Waals surface area contributed by atoms with E-state index in [0.29, 0.717) is 23.2 Å². The summed E-state index contributed by atoms with van der Waals surface area (Å²) in [6.07, 6.45) is 4.62. The monoisotopic (exact) mass is 446 g/mol. The molecule has 1 aliphatic carbocycles. The number of aromatic carboxylic acids is 1. The minimum absolute atomic E-state index is 0.253. The summed E-state index contributed by atoms with van der Waals surface area (Å²) >= 11 is 6.22. The number of ether oxygens (including phenoxy) is 1. The molecule has 162 valence electrons. The van der Waals surface area contributed by atoms with E-state index in [0.717, 1.165) is 41.1 Å². The lowest BCUT2D eigenvalue weighted by atomic mass is 10.1. The predicted molar refractivity (Wildman–Crippen MR) is 125 cm³/mol. The second-order valence-electron chi connectivity index (χ2n) is 8.16. The predicted octanol–water partition coefficient (Wildman–Crippen LogP) is 6.75. The second kappa shape index (κ2) is 8.67. The summed E-state index contributed by atoms with van der Waals surface area (Å²) in [4.78, 5) is 16.3. The van der Waals surface area contributed by atoms with Crippen molar-refractivity contribution in [3.63, 3.8) is 0 Å². The highest BCUT2D eigenvalue weighted by Crippen LogP contribution is 2.37. The zero-order valence-corrected chi connectivity index (χ0v) is 18.3. The number of hydrogen-bond donors (Lipinski definition) is 1. The molecule has 1 aliphatic rings. The summed E-state index contributed by atoms with van der Waals surface area (Å²) in [6, 6.07) is 21.1. The average Bonchev–Trinajstić information content (AvgIpc) is 3.46. The number of carboxylic acid groups (broad SMARTS) is 1. The molecule has 0 spiro atoms. The van der Waals surface area contributed by atoms with Gasteiger partial charge in [0.05, 0.1) is 16.6 Å². The number of fused-ring (bicyclic) bond motifs is 1. The largest absolute Gasteiger partial charge is 0.489 e. The third-order valence-electron chi connectivity index (χ3n) is 6.09. The summed E-state index contributed by atoms with van der Waals surface area (Å²) in [6.45, 7) is 0.400. The van der Waals surface area contributed by atoms with E-state index in [1.807, 2.05) is 54.6 Å². The van der Waals surface area contributed by atoms with Crippen molar-refractivity contribution >= 4 is 28.6 Å². The van der Waals surface area contributed by atoms with Crippen molar-refractivity contribution in [1.29, 1.82) is 0 Å². The Morgan fingerprint density at radius 3 is 2.53 bits per heavy atom. The number of hydrogen-bond acceptors (Lipinski definition) is 3. The average molecular weight is 447 g/mol. The van der Waals surface area contributed by atoms with Crippen LogP contribution in [0.1, 0.15) is 47.6 Å². The maximum atomic E-state index is 11.4.